The Labute approximate surface area is 176 Å². The normalized spacial score (nSPS) is 11.3. The standard InChI is InChI=1S/C22H25N3O4S/c1-14-5-6-19(13-15(14)2)25-30(27,28)20-9-7-18(8-10-20)23-22(26)12-11-21-16(3)24-29-17(21)4/h5-10,13,25H,11-12H2,1-4H3,(H,23,26). The fourth-order valence-corrected chi connectivity index (χ4v) is 4.11. The predicted molar refractivity (Wildman–Crippen MR) is 116 cm³/mol. The zero-order valence-corrected chi connectivity index (χ0v) is 18.3. The SMILES string of the molecule is Cc1ccc(NS(=O)(=O)c2ccc(NC(=O)CCc3c(C)noc3C)cc2)cc1C. The van der Waals surface area contributed by atoms with E-state index < -0.39 is 10.0 Å². The molecule has 0 saturated heterocycles. The van der Waals surface area contributed by atoms with Crippen LogP contribution in [0.3, 0.4) is 0 Å². The van der Waals surface area contributed by atoms with Gasteiger partial charge in [-0.05, 0) is 81.6 Å². The zero-order valence-electron chi connectivity index (χ0n) is 17.4. The molecule has 0 aliphatic heterocycles. The lowest BCUT2D eigenvalue weighted by atomic mass is 10.1. The Hall–Kier alpha value is -3.13. The van der Waals surface area contributed by atoms with Gasteiger partial charge in [0.15, 0.2) is 0 Å². The van der Waals surface area contributed by atoms with E-state index >= 15 is 0 Å². The third kappa shape index (κ3) is 5.07. The smallest absolute Gasteiger partial charge is 0.261 e. The maximum absolute atomic E-state index is 12.6. The summed E-state index contributed by atoms with van der Waals surface area (Å²) in [5.74, 6) is 0.546. The van der Waals surface area contributed by atoms with Gasteiger partial charge in [0.1, 0.15) is 5.76 Å². The summed E-state index contributed by atoms with van der Waals surface area (Å²) in [4.78, 5) is 12.3. The number of hydrogen-bond acceptors (Lipinski definition) is 5. The molecule has 0 saturated carbocycles. The van der Waals surface area contributed by atoms with Crippen molar-refractivity contribution in [2.75, 3.05) is 10.0 Å². The molecule has 1 aromatic heterocycles. The average molecular weight is 428 g/mol. The summed E-state index contributed by atoms with van der Waals surface area (Å²) in [7, 11) is -3.72. The van der Waals surface area contributed by atoms with Gasteiger partial charge in [-0.1, -0.05) is 11.2 Å². The highest BCUT2D eigenvalue weighted by Gasteiger charge is 2.15. The number of amides is 1. The number of carbonyl (C=O) groups is 1. The molecule has 8 heteroatoms. The summed E-state index contributed by atoms with van der Waals surface area (Å²) < 4.78 is 32.9. The first-order chi connectivity index (χ1) is 14.2. The van der Waals surface area contributed by atoms with Gasteiger partial charge in [0.25, 0.3) is 10.0 Å². The maximum atomic E-state index is 12.6. The number of aromatic nitrogens is 1. The van der Waals surface area contributed by atoms with E-state index in [-0.39, 0.29) is 17.2 Å². The van der Waals surface area contributed by atoms with Gasteiger partial charge >= 0.3 is 0 Å². The molecular weight excluding hydrogens is 402 g/mol. The van der Waals surface area contributed by atoms with Crippen molar-refractivity contribution in [1.82, 2.24) is 5.16 Å². The highest BCUT2D eigenvalue weighted by atomic mass is 32.2. The van der Waals surface area contributed by atoms with E-state index in [9.17, 15) is 13.2 Å². The van der Waals surface area contributed by atoms with Crippen molar-refractivity contribution < 1.29 is 17.7 Å². The van der Waals surface area contributed by atoms with Gasteiger partial charge < -0.3 is 9.84 Å². The van der Waals surface area contributed by atoms with E-state index in [1.54, 1.807) is 24.3 Å². The number of hydrogen-bond donors (Lipinski definition) is 2. The van der Waals surface area contributed by atoms with E-state index in [2.05, 4.69) is 15.2 Å². The predicted octanol–water partition coefficient (Wildman–Crippen LogP) is 4.28. The quantitative estimate of drug-likeness (QED) is 0.586. The third-order valence-corrected chi connectivity index (χ3v) is 6.39. The van der Waals surface area contributed by atoms with Crippen LogP contribution in [-0.2, 0) is 21.2 Å². The highest BCUT2D eigenvalue weighted by molar-refractivity contribution is 7.92. The van der Waals surface area contributed by atoms with Crippen LogP contribution in [0.25, 0.3) is 0 Å². The first-order valence-electron chi connectivity index (χ1n) is 9.57. The van der Waals surface area contributed by atoms with Gasteiger partial charge in [-0.25, -0.2) is 8.42 Å². The molecule has 0 aliphatic carbocycles. The number of carbonyl (C=O) groups excluding carboxylic acids is 1. The molecule has 3 rings (SSSR count). The van der Waals surface area contributed by atoms with E-state index in [1.807, 2.05) is 33.8 Å². The maximum Gasteiger partial charge on any atom is 0.261 e. The van der Waals surface area contributed by atoms with Crippen molar-refractivity contribution in [3.8, 4) is 0 Å². The van der Waals surface area contributed by atoms with Crippen molar-refractivity contribution >= 4 is 27.3 Å². The lowest BCUT2D eigenvalue weighted by Gasteiger charge is -2.11. The van der Waals surface area contributed by atoms with Gasteiger partial charge in [0, 0.05) is 23.4 Å². The van der Waals surface area contributed by atoms with Gasteiger partial charge in [-0.2, -0.15) is 0 Å². The summed E-state index contributed by atoms with van der Waals surface area (Å²) in [5.41, 5.74) is 4.85. The van der Waals surface area contributed by atoms with E-state index in [4.69, 9.17) is 4.52 Å². The molecule has 2 N–H and O–H groups in total. The summed E-state index contributed by atoms with van der Waals surface area (Å²) in [5, 5.41) is 6.66. The van der Waals surface area contributed by atoms with Gasteiger partial charge in [0.05, 0.1) is 10.6 Å². The summed E-state index contributed by atoms with van der Waals surface area (Å²) in [6, 6.07) is 11.5. The molecule has 2 aromatic carbocycles. The molecule has 0 bridgehead atoms. The zero-order chi connectivity index (χ0) is 21.9. The van der Waals surface area contributed by atoms with E-state index in [0.717, 1.165) is 22.4 Å². The fourth-order valence-electron chi connectivity index (χ4n) is 3.06. The Bertz CT molecular complexity index is 1150. The largest absolute Gasteiger partial charge is 0.361 e. The number of aryl methyl sites for hydroxylation is 4. The van der Waals surface area contributed by atoms with Crippen LogP contribution in [0.4, 0.5) is 11.4 Å². The molecule has 3 aromatic rings. The molecule has 1 heterocycles. The Morgan fingerprint density at radius 2 is 1.63 bits per heavy atom. The van der Waals surface area contributed by atoms with Crippen LogP contribution in [0, 0.1) is 27.7 Å². The first-order valence-corrected chi connectivity index (χ1v) is 11.1. The Morgan fingerprint density at radius 1 is 0.967 bits per heavy atom. The highest BCUT2D eigenvalue weighted by Crippen LogP contribution is 2.21. The number of rotatable bonds is 7. The second-order valence-corrected chi connectivity index (χ2v) is 8.96. The molecule has 0 radical (unpaired) electrons. The van der Waals surface area contributed by atoms with Crippen LogP contribution >= 0.6 is 0 Å². The number of sulfonamides is 1. The lowest BCUT2D eigenvalue weighted by molar-refractivity contribution is -0.116. The number of benzene rings is 2. The Morgan fingerprint density at radius 3 is 2.23 bits per heavy atom. The van der Waals surface area contributed by atoms with Crippen molar-refractivity contribution in [1.29, 1.82) is 0 Å². The molecular formula is C22H25N3O4S. The fraction of sp³-hybridized carbons (Fsp3) is 0.273. The number of nitrogens with one attached hydrogen (secondary N) is 2. The lowest BCUT2D eigenvalue weighted by Crippen LogP contribution is -2.14. The molecule has 0 aliphatic rings. The molecule has 30 heavy (non-hydrogen) atoms. The van der Waals surface area contributed by atoms with Crippen LogP contribution in [-0.4, -0.2) is 19.5 Å². The molecule has 0 atom stereocenters. The second kappa shape index (κ2) is 8.71. The third-order valence-electron chi connectivity index (χ3n) is 4.99. The minimum atomic E-state index is -3.72. The molecule has 0 fully saturated rings. The van der Waals surface area contributed by atoms with Gasteiger partial charge in [-0.15, -0.1) is 0 Å². The summed E-state index contributed by atoms with van der Waals surface area (Å²) in [6.45, 7) is 7.55. The molecule has 158 valence electrons. The summed E-state index contributed by atoms with van der Waals surface area (Å²) >= 11 is 0. The first kappa shape index (κ1) is 21.6. The van der Waals surface area contributed by atoms with Crippen molar-refractivity contribution in [3.63, 3.8) is 0 Å². The molecule has 1 amide bonds. The van der Waals surface area contributed by atoms with Crippen LogP contribution < -0.4 is 10.0 Å². The Balaban J connectivity index is 1.62. The second-order valence-electron chi connectivity index (χ2n) is 7.28. The minimum Gasteiger partial charge on any atom is -0.361 e. The monoisotopic (exact) mass is 427 g/mol. The van der Waals surface area contributed by atoms with Gasteiger partial charge in [0.2, 0.25) is 5.91 Å². The van der Waals surface area contributed by atoms with Crippen LogP contribution in [0.5, 0.6) is 0 Å². The topological polar surface area (TPSA) is 101 Å². The van der Waals surface area contributed by atoms with Crippen LogP contribution in [0.2, 0.25) is 0 Å². The van der Waals surface area contributed by atoms with Gasteiger partial charge in [-0.3, -0.25) is 9.52 Å². The summed E-state index contributed by atoms with van der Waals surface area (Å²) in [6.07, 6.45) is 0.802. The number of nitrogens with zero attached hydrogens (tertiary/aromatic N) is 1. The molecule has 0 unspecified atom stereocenters. The molecule has 7 nitrogen and oxygen atoms in total. The van der Waals surface area contributed by atoms with Crippen molar-refractivity contribution in [2.24, 2.45) is 0 Å². The average Bonchev–Trinajstić information content (AvgIpc) is 3.01. The van der Waals surface area contributed by atoms with E-state index in [0.29, 0.717) is 23.6 Å². The van der Waals surface area contributed by atoms with Crippen molar-refractivity contribution in [3.05, 3.63) is 70.6 Å². The molecule has 0 spiro atoms. The van der Waals surface area contributed by atoms with Crippen molar-refractivity contribution in [2.45, 2.75) is 45.4 Å². The van der Waals surface area contributed by atoms with E-state index in [1.165, 1.54) is 12.1 Å². The minimum absolute atomic E-state index is 0.120. The Kier molecular flexibility index (Phi) is 6.26. The number of anilines is 2. The van der Waals surface area contributed by atoms with Crippen LogP contribution in [0.1, 0.15) is 34.6 Å². The van der Waals surface area contributed by atoms with Crippen LogP contribution in [0.15, 0.2) is 51.9 Å².